The highest BCUT2D eigenvalue weighted by molar-refractivity contribution is 6.00. The Hall–Kier alpha value is -3.27. The molecule has 2 amide bonds. The normalized spacial score (nSPS) is 14.8. The van der Waals surface area contributed by atoms with E-state index in [4.69, 9.17) is 10.5 Å². The van der Waals surface area contributed by atoms with Crippen LogP contribution < -0.4 is 21.2 Å². The van der Waals surface area contributed by atoms with Crippen molar-refractivity contribution in [3.63, 3.8) is 0 Å². The van der Waals surface area contributed by atoms with E-state index in [1.165, 1.54) is 18.1 Å². The summed E-state index contributed by atoms with van der Waals surface area (Å²) in [6.07, 6.45) is 0.426. The van der Waals surface area contributed by atoms with Crippen LogP contribution in [-0.4, -0.2) is 42.0 Å². The van der Waals surface area contributed by atoms with Crippen LogP contribution in [0.2, 0.25) is 0 Å². The zero-order valence-corrected chi connectivity index (χ0v) is 17.5. The summed E-state index contributed by atoms with van der Waals surface area (Å²) in [7, 11) is 2.84. The van der Waals surface area contributed by atoms with Crippen LogP contribution in [0.3, 0.4) is 0 Å². The second-order valence-electron chi connectivity index (χ2n) is 7.26. The highest BCUT2D eigenvalue weighted by Gasteiger charge is 2.35. The summed E-state index contributed by atoms with van der Waals surface area (Å²) in [5.41, 5.74) is 5.48. The number of nitrogens with one attached hydrogen (secondary N) is 1. The van der Waals surface area contributed by atoms with Crippen LogP contribution in [0.4, 0.5) is 8.78 Å². The second-order valence-corrected chi connectivity index (χ2v) is 7.26. The van der Waals surface area contributed by atoms with Gasteiger partial charge in [-0.25, -0.2) is 8.78 Å². The van der Waals surface area contributed by atoms with Crippen LogP contribution in [0.15, 0.2) is 23.0 Å². The Kier molecular flexibility index (Phi) is 6.40. The molecule has 3 N–H and O–H groups in total. The smallest absolute Gasteiger partial charge is 0.274 e. The summed E-state index contributed by atoms with van der Waals surface area (Å²) >= 11 is 0. The van der Waals surface area contributed by atoms with Gasteiger partial charge in [-0.1, -0.05) is 6.07 Å². The van der Waals surface area contributed by atoms with Gasteiger partial charge in [0.2, 0.25) is 5.43 Å². The molecule has 1 aromatic heterocycles. The fraction of sp³-hybridized carbons (Fsp3) is 0.381. The van der Waals surface area contributed by atoms with Crippen molar-refractivity contribution in [3.05, 3.63) is 62.6 Å². The fourth-order valence-electron chi connectivity index (χ4n) is 3.61. The van der Waals surface area contributed by atoms with E-state index in [9.17, 15) is 23.2 Å². The standard InChI is InChI=1S/C21H24F2N4O4/c1-4-26(2)21(30)17-19(31-3)18(28)15(16-14(24)7-8-27(16)17)20(29)25-10-11-5-6-12(22)9-13(11)23/h5-6,9,14H,4,7-8,10,24H2,1-3H3,(H,25,29). The summed E-state index contributed by atoms with van der Waals surface area (Å²) in [4.78, 5) is 40.4. The summed E-state index contributed by atoms with van der Waals surface area (Å²) < 4.78 is 33.8. The Morgan fingerprint density at radius 1 is 1.35 bits per heavy atom. The van der Waals surface area contributed by atoms with Gasteiger partial charge in [0.05, 0.1) is 12.8 Å². The molecular weight excluding hydrogens is 410 g/mol. The number of carbonyl (C=O) groups excluding carboxylic acids is 2. The van der Waals surface area contributed by atoms with Gasteiger partial charge in [-0.2, -0.15) is 0 Å². The molecule has 8 nitrogen and oxygen atoms in total. The molecule has 166 valence electrons. The van der Waals surface area contributed by atoms with E-state index >= 15 is 0 Å². The Balaban J connectivity index is 2.06. The summed E-state index contributed by atoms with van der Waals surface area (Å²) in [5, 5.41) is 2.48. The van der Waals surface area contributed by atoms with Gasteiger partial charge in [-0.3, -0.25) is 14.4 Å². The molecule has 0 spiro atoms. The summed E-state index contributed by atoms with van der Waals surface area (Å²) in [5.74, 6) is -3.01. The molecule has 1 aliphatic heterocycles. The Bertz CT molecular complexity index is 1100. The predicted molar refractivity (Wildman–Crippen MR) is 109 cm³/mol. The minimum atomic E-state index is -0.819. The van der Waals surface area contributed by atoms with Crippen LogP contribution in [-0.2, 0) is 13.1 Å². The molecule has 1 aromatic carbocycles. The van der Waals surface area contributed by atoms with Gasteiger partial charge >= 0.3 is 0 Å². The Labute approximate surface area is 177 Å². The van der Waals surface area contributed by atoms with Gasteiger partial charge in [0.1, 0.15) is 17.2 Å². The molecule has 31 heavy (non-hydrogen) atoms. The highest BCUT2D eigenvalue weighted by atomic mass is 19.1. The third-order valence-corrected chi connectivity index (χ3v) is 5.39. The van der Waals surface area contributed by atoms with Gasteiger partial charge in [0, 0.05) is 44.4 Å². The average molecular weight is 434 g/mol. The SMILES string of the molecule is CCN(C)C(=O)c1c(OC)c(=O)c(C(=O)NCc2ccc(F)cc2F)c2n1CCC2N. The zero-order valence-electron chi connectivity index (χ0n) is 17.5. The molecule has 3 rings (SSSR count). The number of fused-ring (bicyclic) bond motifs is 1. The average Bonchev–Trinajstić information content (AvgIpc) is 3.11. The van der Waals surface area contributed by atoms with E-state index in [0.717, 1.165) is 6.07 Å². The number of methoxy groups -OCH3 is 1. The minimum Gasteiger partial charge on any atom is -0.491 e. The Morgan fingerprint density at radius 3 is 2.68 bits per heavy atom. The number of aromatic nitrogens is 1. The first-order chi connectivity index (χ1) is 14.7. The molecule has 0 radical (unpaired) electrons. The van der Waals surface area contributed by atoms with Crippen LogP contribution in [0.5, 0.6) is 5.75 Å². The lowest BCUT2D eigenvalue weighted by Crippen LogP contribution is -2.37. The van der Waals surface area contributed by atoms with Crippen LogP contribution in [0.25, 0.3) is 0 Å². The largest absolute Gasteiger partial charge is 0.491 e. The predicted octanol–water partition coefficient (Wildman–Crippen LogP) is 1.56. The van der Waals surface area contributed by atoms with E-state index in [1.54, 1.807) is 18.5 Å². The van der Waals surface area contributed by atoms with Crippen molar-refractivity contribution < 1.29 is 23.1 Å². The molecule has 0 fully saturated rings. The third-order valence-electron chi connectivity index (χ3n) is 5.39. The van der Waals surface area contributed by atoms with Gasteiger partial charge < -0.3 is 25.3 Å². The lowest BCUT2D eigenvalue weighted by molar-refractivity contribution is 0.0785. The lowest BCUT2D eigenvalue weighted by Gasteiger charge is -2.22. The van der Waals surface area contributed by atoms with E-state index in [1.807, 2.05) is 0 Å². The van der Waals surface area contributed by atoms with Crippen molar-refractivity contribution >= 4 is 11.8 Å². The number of rotatable bonds is 6. The lowest BCUT2D eigenvalue weighted by atomic mass is 10.0. The third kappa shape index (κ3) is 4.02. The molecule has 1 unspecified atom stereocenters. The van der Waals surface area contributed by atoms with Crippen molar-refractivity contribution in [2.45, 2.75) is 32.5 Å². The molecule has 0 aliphatic carbocycles. The number of hydrogen-bond donors (Lipinski definition) is 2. The maximum atomic E-state index is 13.9. The van der Waals surface area contributed by atoms with Crippen molar-refractivity contribution in [1.29, 1.82) is 0 Å². The first-order valence-electron chi connectivity index (χ1n) is 9.79. The molecule has 1 aliphatic rings. The number of nitrogens with zero attached hydrogens (tertiary/aromatic N) is 2. The van der Waals surface area contributed by atoms with Crippen molar-refractivity contribution in [1.82, 2.24) is 14.8 Å². The topological polar surface area (TPSA) is 107 Å². The maximum Gasteiger partial charge on any atom is 0.274 e. The molecule has 10 heteroatoms. The van der Waals surface area contributed by atoms with E-state index in [-0.39, 0.29) is 34.8 Å². The molecule has 2 heterocycles. The number of hydrogen-bond acceptors (Lipinski definition) is 5. The van der Waals surface area contributed by atoms with E-state index in [2.05, 4.69) is 5.32 Å². The monoisotopic (exact) mass is 434 g/mol. The first kappa shape index (κ1) is 22.4. The van der Waals surface area contributed by atoms with Crippen molar-refractivity contribution in [3.8, 4) is 5.75 Å². The van der Waals surface area contributed by atoms with Crippen LogP contribution in [0.1, 0.15) is 51.5 Å². The molecule has 2 aromatic rings. The number of ether oxygens (including phenoxy) is 1. The molecule has 1 atom stereocenters. The highest BCUT2D eigenvalue weighted by Crippen LogP contribution is 2.31. The number of nitrogens with two attached hydrogens (primary N) is 1. The maximum absolute atomic E-state index is 13.9. The minimum absolute atomic E-state index is 0.0425. The number of pyridine rings is 1. The number of carbonyl (C=O) groups is 2. The number of benzene rings is 1. The second kappa shape index (κ2) is 8.84. The van der Waals surface area contributed by atoms with Gasteiger partial charge in [-0.15, -0.1) is 0 Å². The fourth-order valence-corrected chi connectivity index (χ4v) is 3.61. The molecule has 0 saturated heterocycles. The van der Waals surface area contributed by atoms with E-state index < -0.39 is 34.9 Å². The number of halogens is 2. The van der Waals surface area contributed by atoms with Crippen LogP contribution in [0, 0.1) is 11.6 Å². The summed E-state index contributed by atoms with van der Waals surface area (Å²) in [6, 6.07) is 2.34. The molecular formula is C21H24F2N4O4. The molecule has 0 bridgehead atoms. The first-order valence-corrected chi connectivity index (χ1v) is 9.79. The van der Waals surface area contributed by atoms with Crippen molar-refractivity contribution in [2.24, 2.45) is 5.73 Å². The van der Waals surface area contributed by atoms with E-state index in [0.29, 0.717) is 25.6 Å². The van der Waals surface area contributed by atoms with Gasteiger partial charge in [-0.05, 0) is 19.4 Å². The zero-order chi connectivity index (χ0) is 22.9. The Morgan fingerprint density at radius 2 is 2.06 bits per heavy atom. The van der Waals surface area contributed by atoms with Crippen molar-refractivity contribution in [2.75, 3.05) is 20.7 Å². The summed E-state index contributed by atoms with van der Waals surface area (Å²) in [6.45, 7) is 2.26. The van der Waals surface area contributed by atoms with Gasteiger partial charge in [0.15, 0.2) is 11.4 Å². The van der Waals surface area contributed by atoms with Gasteiger partial charge in [0.25, 0.3) is 11.8 Å². The number of amides is 2. The molecule has 0 saturated carbocycles. The quantitative estimate of drug-likeness (QED) is 0.718. The van der Waals surface area contributed by atoms with Crippen LogP contribution >= 0.6 is 0 Å².